The molecule has 26 heavy (non-hydrogen) atoms. The molecule has 0 aromatic heterocycles. The fourth-order valence-electron chi connectivity index (χ4n) is 2.80. The molecule has 2 rings (SSSR count). The Morgan fingerprint density at radius 3 is 2.31 bits per heavy atom. The predicted molar refractivity (Wildman–Crippen MR) is 93.4 cm³/mol. The summed E-state index contributed by atoms with van der Waals surface area (Å²) in [6.07, 6.45) is 0.631. The molecule has 142 valence electrons. The highest BCUT2D eigenvalue weighted by atomic mass is 16.5. The number of hydrogen-bond donors (Lipinski definition) is 0. The molecule has 0 saturated carbocycles. The van der Waals surface area contributed by atoms with Crippen LogP contribution in [-0.4, -0.2) is 75.6 Å². The Morgan fingerprint density at radius 1 is 1.15 bits per heavy atom. The number of amides is 2. The first-order chi connectivity index (χ1) is 12.3. The van der Waals surface area contributed by atoms with Crippen molar-refractivity contribution in [2.24, 2.45) is 0 Å². The van der Waals surface area contributed by atoms with Crippen molar-refractivity contribution >= 4 is 17.8 Å². The molecule has 8 nitrogen and oxygen atoms in total. The van der Waals surface area contributed by atoms with Crippen molar-refractivity contribution < 1.29 is 28.6 Å². The number of likely N-dealkylation sites (N-methyl/N-ethyl adjacent to an activating group) is 1. The fraction of sp³-hybridized carbons (Fsp3) is 0.500. The Kier molecular flexibility index (Phi) is 6.07. The second kappa shape index (κ2) is 8.07. The molecule has 1 atom stereocenters. The molecule has 2 amide bonds. The summed E-state index contributed by atoms with van der Waals surface area (Å²) in [5.41, 5.74) is 0.877. The Morgan fingerprint density at radius 2 is 1.85 bits per heavy atom. The molecule has 1 aliphatic heterocycles. The van der Waals surface area contributed by atoms with Crippen LogP contribution in [0.3, 0.4) is 0 Å². The molecule has 8 heteroatoms. The SMILES string of the molecule is COC(=O)[C@H]1CCN1C(=O)c1cc(CC(=O)N(C)C)c(OC)c(OC)c1. The van der Waals surface area contributed by atoms with Gasteiger partial charge in [-0.3, -0.25) is 9.59 Å². The van der Waals surface area contributed by atoms with Crippen molar-refractivity contribution in [3.63, 3.8) is 0 Å². The van der Waals surface area contributed by atoms with Crippen molar-refractivity contribution in [2.75, 3.05) is 42.0 Å². The largest absolute Gasteiger partial charge is 0.493 e. The lowest BCUT2D eigenvalue weighted by molar-refractivity contribution is -0.149. The Bertz CT molecular complexity index is 716. The molecule has 0 unspecified atom stereocenters. The van der Waals surface area contributed by atoms with E-state index in [9.17, 15) is 14.4 Å². The summed E-state index contributed by atoms with van der Waals surface area (Å²) in [4.78, 5) is 39.6. The van der Waals surface area contributed by atoms with E-state index in [4.69, 9.17) is 14.2 Å². The lowest BCUT2D eigenvalue weighted by atomic mass is 9.99. The minimum Gasteiger partial charge on any atom is -0.493 e. The van der Waals surface area contributed by atoms with Gasteiger partial charge in [0.05, 0.1) is 27.8 Å². The van der Waals surface area contributed by atoms with Gasteiger partial charge in [-0.15, -0.1) is 0 Å². The highest BCUT2D eigenvalue weighted by Gasteiger charge is 2.39. The summed E-state index contributed by atoms with van der Waals surface area (Å²) in [5, 5.41) is 0. The topological polar surface area (TPSA) is 85.4 Å². The van der Waals surface area contributed by atoms with Crippen LogP contribution in [0.1, 0.15) is 22.3 Å². The molecule has 1 aliphatic rings. The number of benzene rings is 1. The summed E-state index contributed by atoms with van der Waals surface area (Å²) < 4.78 is 15.4. The summed E-state index contributed by atoms with van der Waals surface area (Å²) in [5.74, 6) is -0.118. The van der Waals surface area contributed by atoms with Gasteiger partial charge in [0.25, 0.3) is 5.91 Å². The maximum absolute atomic E-state index is 12.8. The van der Waals surface area contributed by atoms with Crippen molar-refractivity contribution in [1.29, 1.82) is 0 Å². The number of likely N-dealkylation sites (tertiary alicyclic amines) is 1. The average Bonchev–Trinajstić information content (AvgIpc) is 2.59. The van der Waals surface area contributed by atoms with E-state index in [1.54, 1.807) is 26.2 Å². The smallest absolute Gasteiger partial charge is 0.328 e. The molecule has 0 bridgehead atoms. The van der Waals surface area contributed by atoms with Gasteiger partial charge in [0.15, 0.2) is 11.5 Å². The van der Waals surface area contributed by atoms with Gasteiger partial charge in [-0.05, 0) is 18.6 Å². The summed E-state index contributed by atoms with van der Waals surface area (Å²) >= 11 is 0. The number of methoxy groups -OCH3 is 3. The first-order valence-corrected chi connectivity index (χ1v) is 8.17. The van der Waals surface area contributed by atoms with Gasteiger partial charge in [-0.2, -0.15) is 0 Å². The number of hydrogen-bond acceptors (Lipinski definition) is 6. The van der Waals surface area contributed by atoms with Gasteiger partial charge >= 0.3 is 5.97 Å². The molecule has 0 spiro atoms. The first-order valence-electron chi connectivity index (χ1n) is 8.17. The van der Waals surface area contributed by atoms with Gasteiger partial charge in [0.1, 0.15) is 6.04 Å². The van der Waals surface area contributed by atoms with E-state index in [0.29, 0.717) is 35.6 Å². The van der Waals surface area contributed by atoms with Crippen LogP contribution >= 0.6 is 0 Å². The number of rotatable bonds is 6. The zero-order valence-corrected chi connectivity index (χ0v) is 15.7. The van der Waals surface area contributed by atoms with Crippen molar-refractivity contribution in [2.45, 2.75) is 18.9 Å². The third-order valence-corrected chi connectivity index (χ3v) is 4.40. The third kappa shape index (κ3) is 3.74. The highest BCUT2D eigenvalue weighted by Crippen LogP contribution is 2.34. The summed E-state index contributed by atoms with van der Waals surface area (Å²) in [7, 11) is 7.55. The normalized spacial score (nSPS) is 15.7. The molecule has 0 aliphatic carbocycles. The summed E-state index contributed by atoms with van der Waals surface area (Å²) in [6, 6.07) is 2.59. The zero-order chi connectivity index (χ0) is 19.4. The van der Waals surface area contributed by atoms with Gasteiger partial charge in [-0.1, -0.05) is 0 Å². The van der Waals surface area contributed by atoms with E-state index < -0.39 is 12.0 Å². The van der Waals surface area contributed by atoms with Crippen LogP contribution in [0.25, 0.3) is 0 Å². The third-order valence-electron chi connectivity index (χ3n) is 4.40. The maximum Gasteiger partial charge on any atom is 0.328 e. The Balaban J connectivity index is 2.38. The number of esters is 1. The van der Waals surface area contributed by atoms with E-state index in [1.165, 1.54) is 31.1 Å². The van der Waals surface area contributed by atoms with Crippen molar-refractivity contribution in [1.82, 2.24) is 9.80 Å². The zero-order valence-electron chi connectivity index (χ0n) is 15.7. The minimum atomic E-state index is -0.576. The number of carbonyl (C=O) groups excluding carboxylic acids is 3. The molecule has 0 radical (unpaired) electrons. The Labute approximate surface area is 152 Å². The molecule has 1 fully saturated rings. The van der Waals surface area contributed by atoms with Crippen LogP contribution < -0.4 is 9.47 Å². The first kappa shape index (κ1) is 19.6. The van der Waals surface area contributed by atoms with Crippen molar-refractivity contribution in [3.8, 4) is 11.5 Å². The molecule has 1 aromatic carbocycles. The highest BCUT2D eigenvalue weighted by molar-refractivity contribution is 5.99. The van der Waals surface area contributed by atoms with Gasteiger partial charge in [0.2, 0.25) is 5.91 Å². The molecular formula is C18H24N2O6. The van der Waals surface area contributed by atoms with E-state index in [0.717, 1.165) is 0 Å². The van der Waals surface area contributed by atoms with Crippen LogP contribution in [0.4, 0.5) is 0 Å². The van der Waals surface area contributed by atoms with Crippen LogP contribution in [0.15, 0.2) is 12.1 Å². The summed E-state index contributed by atoms with van der Waals surface area (Å²) in [6.45, 7) is 0.471. The molecular weight excluding hydrogens is 340 g/mol. The minimum absolute atomic E-state index is 0.0636. The quantitative estimate of drug-likeness (QED) is 0.692. The Hall–Kier alpha value is -2.77. The van der Waals surface area contributed by atoms with Gasteiger partial charge in [0, 0.05) is 31.8 Å². The molecule has 0 N–H and O–H groups in total. The van der Waals surface area contributed by atoms with Crippen LogP contribution in [0.2, 0.25) is 0 Å². The lowest BCUT2D eigenvalue weighted by Crippen LogP contribution is -2.55. The monoisotopic (exact) mass is 364 g/mol. The van der Waals surface area contributed by atoms with Crippen LogP contribution in [0, 0.1) is 0 Å². The standard InChI is InChI=1S/C18H24N2O6/c1-19(2)15(21)10-11-8-12(9-14(24-3)16(11)25-4)17(22)20-7-6-13(20)18(23)26-5/h8-9,13H,6-7,10H2,1-5H3/t13-/m1/s1. The number of nitrogens with zero attached hydrogens (tertiary/aromatic N) is 2. The second-order valence-corrected chi connectivity index (χ2v) is 6.16. The average molecular weight is 364 g/mol. The lowest BCUT2D eigenvalue weighted by Gasteiger charge is -2.38. The van der Waals surface area contributed by atoms with Crippen LogP contribution in [-0.2, 0) is 20.7 Å². The molecule has 1 aromatic rings. The van der Waals surface area contributed by atoms with Crippen LogP contribution in [0.5, 0.6) is 11.5 Å². The predicted octanol–water partition coefficient (Wildman–Crippen LogP) is 0.722. The second-order valence-electron chi connectivity index (χ2n) is 6.16. The maximum atomic E-state index is 12.8. The molecule has 1 saturated heterocycles. The number of carbonyl (C=O) groups is 3. The van der Waals surface area contributed by atoms with E-state index in [1.807, 2.05) is 0 Å². The number of ether oxygens (including phenoxy) is 3. The van der Waals surface area contributed by atoms with E-state index in [-0.39, 0.29) is 18.2 Å². The van der Waals surface area contributed by atoms with E-state index in [2.05, 4.69) is 0 Å². The molecule has 1 heterocycles. The van der Waals surface area contributed by atoms with Gasteiger partial charge < -0.3 is 24.0 Å². The fourth-order valence-corrected chi connectivity index (χ4v) is 2.80. The van der Waals surface area contributed by atoms with E-state index >= 15 is 0 Å². The van der Waals surface area contributed by atoms with Gasteiger partial charge in [-0.25, -0.2) is 4.79 Å². The van der Waals surface area contributed by atoms with Crippen molar-refractivity contribution in [3.05, 3.63) is 23.3 Å².